The van der Waals surface area contributed by atoms with Crippen LogP contribution in [0.25, 0.3) is 11.4 Å². The van der Waals surface area contributed by atoms with Gasteiger partial charge in [0.1, 0.15) is 5.76 Å². The topological polar surface area (TPSA) is 64.1 Å². The summed E-state index contributed by atoms with van der Waals surface area (Å²) in [7, 11) is 0. The summed E-state index contributed by atoms with van der Waals surface area (Å²) in [6.07, 6.45) is 4.57. The van der Waals surface area contributed by atoms with Gasteiger partial charge in [-0.2, -0.15) is 4.98 Å². The lowest BCUT2D eigenvalue weighted by Gasteiger charge is -2.10. The maximum atomic E-state index is 5.27. The van der Waals surface area contributed by atoms with Crippen molar-refractivity contribution in [3.8, 4) is 11.4 Å². The molecule has 2 rings (SSSR count). The van der Waals surface area contributed by atoms with Gasteiger partial charge in [0.15, 0.2) is 0 Å². The SMILES string of the molecule is CCCNC(C)CCc1nc(-c2ccoc2C)no1. The lowest BCUT2D eigenvalue weighted by Crippen LogP contribution is -2.27. The fourth-order valence-corrected chi connectivity index (χ4v) is 1.92. The predicted molar refractivity (Wildman–Crippen MR) is 72.8 cm³/mol. The standard InChI is InChI=1S/C14H21N3O2/c1-4-8-15-10(2)5-6-13-16-14(17-19-13)12-7-9-18-11(12)3/h7,9-10,15H,4-6,8H2,1-3H3. The molecule has 2 aromatic heterocycles. The molecule has 1 unspecified atom stereocenters. The molecule has 2 heterocycles. The summed E-state index contributed by atoms with van der Waals surface area (Å²) in [6.45, 7) is 7.27. The second kappa shape index (κ2) is 6.52. The first-order valence-electron chi connectivity index (χ1n) is 6.81. The molecule has 5 heteroatoms. The molecule has 0 bridgehead atoms. The fourth-order valence-electron chi connectivity index (χ4n) is 1.92. The molecule has 0 spiro atoms. The van der Waals surface area contributed by atoms with Gasteiger partial charge in [0.25, 0.3) is 0 Å². The van der Waals surface area contributed by atoms with E-state index in [1.165, 1.54) is 0 Å². The smallest absolute Gasteiger partial charge is 0.227 e. The van der Waals surface area contributed by atoms with E-state index in [9.17, 15) is 0 Å². The Hall–Kier alpha value is -1.62. The van der Waals surface area contributed by atoms with Crippen LogP contribution < -0.4 is 5.32 Å². The molecular formula is C14H21N3O2. The molecule has 0 aliphatic rings. The van der Waals surface area contributed by atoms with Crippen LogP contribution in [0.2, 0.25) is 0 Å². The van der Waals surface area contributed by atoms with Crippen molar-refractivity contribution in [3.63, 3.8) is 0 Å². The Balaban J connectivity index is 1.89. The van der Waals surface area contributed by atoms with Gasteiger partial charge in [0.2, 0.25) is 11.7 Å². The summed E-state index contributed by atoms with van der Waals surface area (Å²) in [4.78, 5) is 4.40. The molecule has 0 aliphatic heterocycles. The van der Waals surface area contributed by atoms with Gasteiger partial charge in [-0.15, -0.1) is 0 Å². The largest absolute Gasteiger partial charge is 0.469 e. The van der Waals surface area contributed by atoms with Crippen molar-refractivity contribution in [2.75, 3.05) is 6.54 Å². The number of aryl methyl sites for hydroxylation is 2. The van der Waals surface area contributed by atoms with Crippen molar-refractivity contribution in [2.24, 2.45) is 0 Å². The average Bonchev–Trinajstić information content (AvgIpc) is 3.02. The molecule has 0 radical (unpaired) electrons. The summed E-state index contributed by atoms with van der Waals surface area (Å²) in [5.74, 6) is 2.10. The minimum atomic E-state index is 0.464. The van der Waals surface area contributed by atoms with Gasteiger partial charge >= 0.3 is 0 Å². The van der Waals surface area contributed by atoms with Crippen molar-refractivity contribution < 1.29 is 8.94 Å². The fraction of sp³-hybridized carbons (Fsp3) is 0.571. The first-order valence-corrected chi connectivity index (χ1v) is 6.81. The summed E-state index contributed by atoms with van der Waals surface area (Å²) >= 11 is 0. The molecule has 0 aliphatic carbocycles. The second-order valence-corrected chi connectivity index (χ2v) is 4.80. The Labute approximate surface area is 113 Å². The first kappa shape index (κ1) is 13.8. The van der Waals surface area contributed by atoms with Crippen LogP contribution in [0.1, 0.15) is 38.3 Å². The van der Waals surface area contributed by atoms with E-state index in [1.54, 1.807) is 6.26 Å². The highest BCUT2D eigenvalue weighted by atomic mass is 16.5. The molecule has 0 saturated heterocycles. The zero-order valence-electron chi connectivity index (χ0n) is 11.8. The van der Waals surface area contributed by atoms with E-state index in [1.807, 2.05) is 13.0 Å². The maximum Gasteiger partial charge on any atom is 0.227 e. The molecule has 19 heavy (non-hydrogen) atoms. The Morgan fingerprint density at radius 2 is 2.26 bits per heavy atom. The Morgan fingerprint density at radius 1 is 1.42 bits per heavy atom. The van der Waals surface area contributed by atoms with E-state index in [0.717, 1.165) is 37.1 Å². The Morgan fingerprint density at radius 3 is 2.95 bits per heavy atom. The van der Waals surface area contributed by atoms with Crippen molar-refractivity contribution in [3.05, 3.63) is 24.0 Å². The lowest BCUT2D eigenvalue weighted by molar-refractivity contribution is 0.367. The third kappa shape index (κ3) is 3.67. The van der Waals surface area contributed by atoms with Gasteiger partial charge in [-0.05, 0) is 39.3 Å². The quantitative estimate of drug-likeness (QED) is 0.832. The van der Waals surface area contributed by atoms with Crippen LogP contribution in [0.3, 0.4) is 0 Å². The van der Waals surface area contributed by atoms with Gasteiger partial charge in [-0.1, -0.05) is 12.1 Å². The highest BCUT2D eigenvalue weighted by molar-refractivity contribution is 5.55. The van der Waals surface area contributed by atoms with Crippen LogP contribution >= 0.6 is 0 Å². The summed E-state index contributed by atoms with van der Waals surface area (Å²) < 4.78 is 10.5. The van der Waals surface area contributed by atoms with Crippen LogP contribution in [0, 0.1) is 6.92 Å². The van der Waals surface area contributed by atoms with Crippen LogP contribution in [0.5, 0.6) is 0 Å². The lowest BCUT2D eigenvalue weighted by atomic mass is 10.2. The van der Waals surface area contributed by atoms with Gasteiger partial charge in [-0.25, -0.2) is 0 Å². The number of nitrogens with one attached hydrogen (secondary N) is 1. The molecule has 0 fully saturated rings. The number of hydrogen-bond acceptors (Lipinski definition) is 5. The van der Waals surface area contributed by atoms with Crippen LogP contribution in [0.15, 0.2) is 21.3 Å². The summed E-state index contributed by atoms with van der Waals surface area (Å²) in [5, 5.41) is 7.43. The average molecular weight is 263 g/mol. The normalized spacial score (nSPS) is 12.8. The van der Waals surface area contributed by atoms with Crippen molar-refractivity contribution in [2.45, 2.75) is 46.1 Å². The molecule has 0 amide bonds. The van der Waals surface area contributed by atoms with Crippen LogP contribution in [-0.4, -0.2) is 22.7 Å². The van der Waals surface area contributed by atoms with E-state index in [-0.39, 0.29) is 0 Å². The van der Waals surface area contributed by atoms with E-state index in [4.69, 9.17) is 8.94 Å². The number of hydrogen-bond donors (Lipinski definition) is 1. The minimum Gasteiger partial charge on any atom is -0.469 e. The highest BCUT2D eigenvalue weighted by Crippen LogP contribution is 2.21. The van der Waals surface area contributed by atoms with Crippen molar-refractivity contribution in [1.82, 2.24) is 15.5 Å². The highest BCUT2D eigenvalue weighted by Gasteiger charge is 2.13. The van der Waals surface area contributed by atoms with Crippen LogP contribution in [0.4, 0.5) is 0 Å². The molecular weight excluding hydrogens is 242 g/mol. The minimum absolute atomic E-state index is 0.464. The van der Waals surface area contributed by atoms with Gasteiger partial charge in [-0.3, -0.25) is 0 Å². The molecule has 1 N–H and O–H groups in total. The second-order valence-electron chi connectivity index (χ2n) is 4.80. The first-order chi connectivity index (χ1) is 9.20. The van der Waals surface area contributed by atoms with E-state index in [2.05, 4.69) is 29.3 Å². The van der Waals surface area contributed by atoms with E-state index in [0.29, 0.717) is 17.8 Å². The van der Waals surface area contributed by atoms with Gasteiger partial charge < -0.3 is 14.3 Å². The molecule has 1 atom stereocenters. The number of furan rings is 1. The molecule has 0 aromatic carbocycles. The Bertz CT molecular complexity index is 504. The Kier molecular flexibility index (Phi) is 4.74. The molecule has 5 nitrogen and oxygen atoms in total. The predicted octanol–water partition coefficient (Wildman–Crippen LogP) is 2.96. The summed E-state index contributed by atoms with van der Waals surface area (Å²) in [5.41, 5.74) is 0.896. The third-order valence-corrected chi connectivity index (χ3v) is 3.10. The van der Waals surface area contributed by atoms with Crippen LogP contribution in [-0.2, 0) is 6.42 Å². The maximum absolute atomic E-state index is 5.27. The third-order valence-electron chi connectivity index (χ3n) is 3.10. The van der Waals surface area contributed by atoms with E-state index < -0.39 is 0 Å². The number of rotatable bonds is 7. The zero-order valence-corrected chi connectivity index (χ0v) is 11.8. The molecule has 0 saturated carbocycles. The number of nitrogens with zero attached hydrogens (tertiary/aromatic N) is 2. The number of aromatic nitrogens is 2. The molecule has 104 valence electrons. The van der Waals surface area contributed by atoms with Crippen molar-refractivity contribution >= 4 is 0 Å². The summed E-state index contributed by atoms with van der Waals surface area (Å²) in [6, 6.07) is 2.32. The monoisotopic (exact) mass is 263 g/mol. The van der Waals surface area contributed by atoms with Crippen molar-refractivity contribution in [1.29, 1.82) is 0 Å². The van der Waals surface area contributed by atoms with E-state index >= 15 is 0 Å². The van der Waals surface area contributed by atoms with Gasteiger partial charge in [0, 0.05) is 12.5 Å². The molecule has 2 aromatic rings. The van der Waals surface area contributed by atoms with Gasteiger partial charge in [0.05, 0.1) is 11.8 Å². The zero-order chi connectivity index (χ0) is 13.7.